The van der Waals surface area contributed by atoms with Crippen molar-refractivity contribution in [3.8, 4) is 5.75 Å². The maximum absolute atomic E-state index is 14.0. The molecule has 0 spiro atoms. The molecule has 2 N–H and O–H groups in total. The zero-order valence-electron chi connectivity index (χ0n) is 25.5. The lowest BCUT2D eigenvalue weighted by atomic mass is 10.1. The van der Waals surface area contributed by atoms with Crippen LogP contribution in [0.2, 0.25) is 0 Å². The average molecular weight is 653 g/mol. The van der Waals surface area contributed by atoms with Crippen LogP contribution in [-0.4, -0.2) is 85.4 Å². The fourth-order valence-corrected chi connectivity index (χ4v) is 5.64. The summed E-state index contributed by atoms with van der Waals surface area (Å²) in [7, 11) is 0. The molecule has 1 aromatic carbocycles. The highest BCUT2D eigenvalue weighted by Gasteiger charge is 2.31. The number of nitrogens with zero attached hydrogens (tertiary/aromatic N) is 7. The van der Waals surface area contributed by atoms with Gasteiger partial charge in [-0.05, 0) is 61.7 Å². The first kappa shape index (κ1) is 31.7. The average Bonchev–Trinajstić information content (AvgIpc) is 3.51. The second-order valence-corrected chi connectivity index (χ2v) is 11.3. The number of aromatic hydroxyl groups is 1. The number of ether oxygens (including phenoxy) is 1. The fraction of sp³-hybridized carbons (Fsp3) is 0.355. The van der Waals surface area contributed by atoms with E-state index in [0.29, 0.717) is 36.7 Å². The molecule has 0 atom stereocenters. The molecule has 2 aliphatic heterocycles. The molecule has 0 aliphatic carbocycles. The van der Waals surface area contributed by atoms with Crippen LogP contribution < -0.4 is 15.8 Å². The van der Waals surface area contributed by atoms with Crippen LogP contribution in [0.25, 0.3) is 11.4 Å². The van der Waals surface area contributed by atoms with Gasteiger partial charge in [0.1, 0.15) is 18.0 Å². The van der Waals surface area contributed by atoms with Gasteiger partial charge in [-0.1, -0.05) is 6.08 Å². The third-order valence-electron chi connectivity index (χ3n) is 8.23. The minimum absolute atomic E-state index is 0.0463. The lowest BCUT2D eigenvalue weighted by Crippen LogP contribution is -2.51. The number of rotatable bonds is 6. The monoisotopic (exact) mass is 652 g/mol. The van der Waals surface area contributed by atoms with Gasteiger partial charge in [0.05, 0.1) is 18.8 Å². The van der Waals surface area contributed by atoms with E-state index < -0.39 is 29.1 Å². The van der Waals surface area contributed by atoms with E-state index in [2.05, 4.69) is 20.4 Å². The Balaban J connectivity index is 1.31. The number of benzene rings is 1. The number of hydrogen-bond acceptors (Lipinski definition) is 9. The summed E-state index contributed by atoms with van der Waals surface area (Å²) < 4.78 is 47.1. The van der Waals surface area contributed by atoms with Gasteiger partial charge >= 0.3 is 6.18 Å². The molecule has 1 fully saturated rings. The molecule has 5 heterocycles. The summed E-state index contributed by atoms with van der Waals surface area (Å²) in [5, 5.41) is 17.5. The second kappa shape index (κ2) is 12.5. The van der Waals surface area contributed by atoms with Crippen LogP contribution in [0.3, 0.4) is 0 Å². The van der Waals surface area contributed by atoms with E-state index in [0.717, 1.165) is 22.2 Å². The molecule has 16 heteroatoms. The van der Waals surface area contributed by atoms with Gasteiger partial charge < -0.3 is 29.5 Å². The highest BCUT2D eigenvalue weighted by Crippen LogP contribution is 2.30. The summed E-state index contributed by atoms with van der Waals surface area (Å²) in [5.74, 6) is -0.725. The lowest BCUT2D eigenvalue weighted by Gasteiger charge is -2.36. The molecule has 2 amide bonds. The largest absolute Gasteiger partial charge is 0.505 e. The number of piperazine rings is 1. The topological polar surface area (TPSA) is 147 Å². The second-order valence-electron chi connectivity index (χ2n) is 11.3. The molecule has 3 aromatic heterocycles. The standard InChI is InChI=1S/C31H31F3N8O5/c1-18-7-10-35-24(26(18)44)28(45)40-13-11-39(12-14-40)25-19(2)41(17-23(43)36-22-5-3-21(4-6-22)31(32,33)34)30-37-27(38-42(30)29(25)46)20-8-15-47-16-9-20/h3-8,10,44H,9,11-17H2,1-2H3,(H,36,43). The zero-order chi connectivity index (χ0) is 33.5. The van der Waals surface area contributed by atoms with E-state index in [-0.39, 0.29) is 61.3 Å². The Morgan fingerprint density at radius 2 is 1.79 bits per heavy atom. The number of halogens is 3. The lowest BCUT2D eigenvalue weighted by molar-refractivity contribution is -0.137. The van der Waals surface area contributed by atoms with Gasteiger partial charge in [-0.2, -0.15) is 22.7 Å². The first-order valence-electron chi connectivity index (χ1n) is 14.9. The van der Waals surface area contributed by atoms with Crippen molar-refractivity contribution >= 4 is 34.5 Å². The summed E-state index contributed by atoms with van der Waals surface area (Å²) in [5.41, 5.74) is 0.823. The summed E-state index contributed by atoms with van der Waals surface area (Å²) in [6.07, 6.45) is -0.696. The van der Waals surface area contributed by atoms with Crippen LogP contribution in [0.1, 0.15) is 39.6 Å². The molecule has 0 saturated carbocycles. The number of fused-ring (bicyclic) bond motifs is 1. The number of carbonyl (C=O) groups is 2. The molecule has 2 aliphatic rings. The molecule has 47 heavy (non-hydrogen) atoms. The minimum atomic E-state index is -4.51. The predicted octanol–water partition coefficient (Wildman–Crippen LogP) is 3.03. The first-order valence-corrected chi connectivity index (χ1v) is 14.9. The third kappa shape index (κ3) is 6.27. The quantitative estimate of drug-likeness (QED) is 0.321. The Kier molecular flexibility index (Phi) is 8.44. The van der Waals surface area contributed by atoms with Gasteiger partial charge in [0.25, 0.3) is 11.5 Å². The molecule has 246 valence electrons. The molecule has 1 saturated heterocycles. The molecular weight excluding hydrogens is 621 g/mol. The fourth-order valence-electron chi connectivity index (χ4n) is 5.64. The van der Waals surface area contributed by atoms with Crippen molar-refractivity contribution in [1.82, 2.24) is 29.0 Å². The molecule has 4 aromatic rings. The van der Waals surface area contributed by atoms with Gasteiger partial charge in [0, 0.05) is 43.8 Å². The van der Waals surface area contributed by atoms with E-state index >= 15 is 0 Å². The Morgan fingerprint density at radius 1 is 1.06 bits per heavy atom. The third-order valence-corrected chi connectivity index (χ3v) is 8.23. The predicted molar refractivity (Wildman–Crippen MR) is 164 cm³/mol. The SMILES string of the molecule is Cc1ccnc(C(=O)N2CCN(c3c(C)n(CC(=O)Nc4ccc(C(F)(F)F)cc4)c4nc(C5=CCOCC5)nn4c3=O)CC2)c1O. The number of alkyl halides is 3. The molecule has 0 unspecified atom stereocenters. The summed E-state index contributed by atoms with van der Waals surface area (Å²) in [6.45, 7) is 4.86. The number of nitrogens with one attached hydrogen (secondary N) is 1. The van der Waals surface area contributed by atoms with Crippen LogP contribution in [0.5, 0.6) is 5.75 Å². The Morgan fingerprint density at radius 3 is 2.45 bits per heavy atom. The van der Waals surface area contributed by atoms with E-state index in [9.17, 15) is 32.7 Å². The molecule has 13 nitrogen and oxygen atoms in total. The minimum Gasteiger partial charge on any atom is -0.505 e. The van der Waals surface area contributed by atoms with Gasteiger partial charge in [-0.25, -0.2) is 4.98 Å². The maximum atomic E-state index is 14.0. The van der Waals surface area contributed by atoms with Crippen LogP contribution in [-0.2, 0) is 22.3 Å². The summed E-state index contributed by atoms with van der Waals surface area (Å²) >= 11 is 0. The number of amides is 2. The number of aryl methyl sites for hydroxylation is 1. The summed E-state index contributed by atoms with van der Waals surface area (Å²) in [4.78, 5) is 52.4. The van der Waals surface area contributed by atoms with Crippen LogP contribution >= 0.6 is 0 Å². The Hall–Kier alpha value is -5.25. The number of pyridine rings is 1. The molecular formula is C31H31F3N8O5. The summed E-state index contributed by atoms with van der Waals surface area (Å²) in [6, 6.07) is 5.69. The van der Waals surface area contributed by atoms with E-state index in [1.807, 2.05) is 11.0 Å². The maximum Gasteiger partial charge on any atom is 0.416 e. The van der Waals surface area contributed by atoms with E-state index in [1.54, 1.807) is 29.4 Å². The zero-order valence-corrected chi connectivity index (χ0v) is 25.5. The first-order chi connectivity index (χ1) is 22.4. The van der Waals surface area contributed by atoms with Crippen molar-refractivity contribution in [2.45, 2.75) is 33.0 Å². The highest BCUT2D eigenvalue weighted by atomic mass is 19.4. The van der Waals surface area contributed by atoms with Gasteiger partial charge in [0.15, 0.2) is 11.5 Å². The number of anilines is 2. The van der Waals surface area contributed by atoms with Crippen molar-refractivity contribution in [3.05, 3.63) is 81.3 Å². The smallest absolute Gasteiger partial charge is 0.416 e. The van der Waals surface area contributed by atoms with Gasteiger partial charge in [-0.15, -0.1) is 5.10 Å². The van der Waals surface area contributed by atoms with Crippen molar-refractivity contribution in [2.24, 2.45) is 0 Å². The molecule has 0 bridgehead atoms. The van der Waals surface area contributed by atoms with Gasteiger partial charge in [0.2, 0.25) is 11.7 Å². The molecule has 0 radical (unpaired) electrons. The van der Waals surface area contributed by atoms with Crippen molar-refractivity contribution in [2.75, 3.05) is 49.6 Å². The van der Waals surface area contributed by atoms with Crippen molar-refractivity contribution in [3.63, 3.8) is 0 Å². The number of carbonyl (C=O) groups excluding carboxylic acids is 2. The molecule has 6 rings (SSSR count). The van der Waals surface area contributed by atoms with E-state index in [4.69, 9.17) is 4.74 Å². The number of hydrogen-bond donors (Lipinski definition) is 2. The Bertz CT molecular complexity index is 1940. The van der Waals surface area contributed by atoms with Crippen molar-refractivity contribution < 1.29 is 32.6 Å². The van der Waals surface area contributed by atoms with Gasteiger partial charge in [-0.3, -0.25) is 14.4 Å². The van der Waals surface area contributed by atoms with Crippen LogP contribution in [0, 0.1) is 13.8 Å². The Labute approximate surface area is 265 Å². The highest BCUT2D eigenvalue weighted by molar-refractivity contribution is 5.95. The van der Waals surface area contributed by atoms with Crippen LogP contribution in [0.4, 0.5) is 24.5 Å². The van der Waals surface area contributed by atoms with Crippen LogP contribution in [0.15, 0.2) is 47.4 Å². The normalized spacial score (nSPS) is 15.6. The van der Waals surface area contributed by atoms with E-state index in [1.165, 1.54) is 18.3 Å². The number of aromatic nitrogens is 5. The van der Waals surface area contributed by atoms with Crippen molar-refractivity contribution in [1.29, 1.82) is 0 Å².